The summed E-state index contributed by atoms with van der Waals surface area (Å²) in [7, 11) is 0. The lowest BCUT2D eigenvalue weighted by molar-refractivity contribution is -0.379. The van der Waals surface area contributed by atoms with Gasteiger partial charge in [-0.25, -0.2) is 0 Å². The number of unbranched alkanes of at least 4 members (excludes halogenated alkanes) is 39. The third-order valence-corrected chi connectivity index (χ3v) is 20.4. The molecule has 3 rings (SSSR count). The molecule has 17 atom stereocenters. The van der Waals surface area contributed by atoms with Gasteiger partial charge in [-0.15, -0.1) is 0 Å². The molecule has 0 saturated carbocycles. The van der Waals surface area contributed by atoms with E-state index in [1.807, 2.05) is 0 Å². The Morgan fingerprint density at radius 3 is 1.07 bits per heavy atom. The summed E-state index contributed by atoms with van der Waals surface area (Å²) < 4.78 is 34.5. The molecule has 0 radical (unpaired) electrons. The topological polar surface area (TPSA) is 307 Å². The molecule has 0 bridgehead atoms. The Morgan fingerprint density at radius 1 is 0.366 bits per heavy atom. The maximum absolute atomic E-state index is 13.5. The Labute approximate surface area is 611 Å². The number of amides is 1. The van der Waals surface area contributed by atoms with E-state index in [1.54, 1.807) is 0 Å². The lowest BCUT2D eigenvalue weighted by Gasteiger charge is -2.48. The molecule has 101 heavy (non-hydrogen) atoms. The predicted molar refractivity (Wildman–Crippen MR) is 402 cm³/mol. The van der Waals surface area contributed by atoms with Gasteiger partial charge < -0.3 is 89.9 Å². The van der Waals surface area contributed by atoms with Gasteiger partial charge >= 0.3 is 0 Å². The van der Waals surface area contributed by atoms with Crippen LogP contribution in [0.15, 0.2) is 60.8 Å². The van der Waals surface area contributed by atoms with E-state index in [0.29, 0.717) is 12.8 Å². The first-order valence-corrected chi connectivity index (χ1v) is 41.0. The molecule has 0 aromatic carbocycles. The highest BCUT2D eigenvalue weighted by molar-refractivity contribution is 5.76. The second-order valence-corrected chi connectivity index (χ2v) is 29.2. The van der Waals surface area contributed by atoms with Crippen molar-refractivity contribution in [2.24, 2.45) is 0 Å². The van der Waals surface area contributed by atoms with E-state index in [2.05, 4.69) is 79.9 Å². The highest BCUT2D eigenvalue weighted by Crippen LogP contribution is 2.33. The van der Waals surface area contributed by atoms with E-state index in [1.165, 1.54) is 212 Å². The van der Waals surface area contributed by atoms with Gasteiger partial charge in [-0.05, 0) is 57.8 Å². The standard InChI is InChI=1S/C82H149NO18/c1-3-5-7-9-11-13-15-17-19-20-21-22-23-24-25-26-27-28-29-30-31-32-33-34-35-36-37-38-39-40-41-42-43-44-46-48-50-52-54-56-58-60-70(88)83-65(66(87)59-57-55-53-51-49-47-45-18-16-14-12-10-8-6-4-2)64-96-80-76(94)73(91)78(68(62-85)98-80)101-82-77(95)74(92)79(69(63-86)99-82)100-81-75(93)72(90)71(89)67(61-84)97-81/h5,7,11,13,17,19,21-22,24-25,65-69,71-82,84-87,89-95H,3-4,6,8-10,12,14-16,18,20,23,26-64H2,1-2H3,(H,83,88)/b7-5-,13-11-,19-17-,22-21-,25-24-. The van der Waals surface area contributed by atoms with E-state index >= 15 is 0 Å². The first kappa shape index (κ1) is 92.7. The molecule has 19 heteroatoms. The average Bonchev–Trinajstić information content (AvgIpc) is 0.782. The van der Waals surface area contributed by atoms with Crippen molar-refractivity contribution in [3.63, 3.8) is 0 Å². The molecule has 0 aromatic rings. The van der Waals surface area contributed by atoms with E-state index < -0.39 is 124 Å². The van der Waals surface area contributed by atoms with Crippen LogP contribution in [-0.4, -0.2) is 193 Å². The molecule has 3 aliphatic rings. The summed E-state index contributed by atoms with van der Waals surface area (Å²) >= 11 is 0. The third-order valence-electron chi connectivity index (χ3n) is 20.4. The van der Waals surface area contributed by atoms with Crippen LogP contribution in [0, 0.1) is 0 Å². The van der Waals surface area contributed by atoms with E-state index in [0.717, 1.165) is 77.0 Å². The fourth-order valence-corrected chi connectivity index (χ4v) is 13.8. The molecular formula is C82H149NO18. The summed E-state index contributed by atoms with van der Waals surface area (Å²) in [5, 5.41) is 121. The molecule has 0 spiro atoms. The van der Waals surface area contributed by atoms with Crippen LogP contribution < -0.4 is 5.32 Å². The minimum absolute atomic E-state index is 0.237. The Morgan fingerprint density at radius 2 is 0.683 bits per heavy atom. The van der Waals surface area contributed by atoms with Gasteiger partial charge in [0, 0.05) is 6.42 Å². The van der Waals surface area contributed by atoms with Crippen molar-refractivity contribution in [2.45, 2.75) is 426 Å². The van der Waals surface area contributed by atoms with Gasteiger partial charge in [0.25, 0.3) is 0 Å². The van der Waals surface area contributed by atoms with Crippen molar-refractivity contribution in [3.8, 4) is 0 Å². The summed E-state index contributed by atoms with van der Waals surface area (Å²) in [6.45, 7) is 1.71. The number of aliphatic hydroxyl groups is 11. The zero-order valence-corrected chi connectivity index (χ0v) is 63.1. The molecular weight excluding hydrogens is 1290 g/mol. The smallest absolute Gasteiger partial charge is 0.220 e. The highest BCUT2D eigenvalue weighted by Gasteiger charge is 2.54. The van der Waals surface area contributed by atoms with Crippen molar-refractivity contribution in [1.29, 1.82) is 0 Å². The zero-order chi connectivity index (χ0) is 73.2. The fraction of sp³-hybridized carbons (Fsp3) is 0.866. The highest BCUT2D eigenvalue weighted by atomic mass is 16.8. The minimum Gasteiger partial charge on any atom is -0.394 e. The van der Waals surface area contributed by atoms with Crippen molar-refractivity contribution in [1.82, 2.24) is 5.32 Å². The van der Waals surface area contributed by atoms with Crippen LogP contribution in [0.25, 0.3) is 0 Å². The third kappa shape index (κ3) is 42.6. The number of allylic oxidation sites excluding steroid dienone is 10. The van der Waals surface area contributed by atoms with Crippen LogP contribution >= 0.6 is 0 Å². The van der Waals surface area contributed by atoms with Gasteiger partial charge in [-0.1, -0.05) is 319 Å². The second-order valence-electron chi connectivity index (χ2n) is 29.2. The molecule has 17 unspecified atom stereocenters. The molecule has 3 aliphatic heterocycles. The number of ether oxygens (including phenoxy) is 6. The molecule has 3 heterocycles. The summed E-state index contributed by atoms with van der Waals surface area (Å²) in [6, 6.07) is -0.886. The fourth-order valence-electron chi connectivity index (χ4n) is 13.8. The number of aliphatic hydroxyl groups excluding tert-OH is 11. The van der Waals surface area contributed by atoms with Gasteiger partial charge in [0.1, 0.15) is 73.2 Å². The van der Waals surface area contributed by atoms with Crippen LogP contribution in [0.3, 0.4) is 0 Å². The summed E-state index contributed by atoms with van der Waals surface area (Å²) in [4.78, 5) is 13.5. The quantitative estimate of drug-likeness (QED) is 0.0199. The number of hydrogen-bond acceptors (Lipinski definition) is 18. The molecule has 0 aliphatic carbocycles. The SMILES string of the molecule is CC/C=C\C/C=C\C/C=C\C/C=C\C/C=C\CCCCCCCCCCCCCCCCCCCCCCCCCCCC(=O)NC(COC1OC(CO)C(OC2OC(CO)C(OC3OC(CO)C(O)C(O)C3O)C(O)C2O)C(O)C1O)C(O)CCCCCCCCCCCCCCCCC. The summed E-state index contributed by atoms with van der Waals surface area (Å²) in [5.41, 5.74) is 0. The minimum atomic E-state index is -1.97. The van der Waals surface area contributed by atoms with Crippen molar-refractivity contribution in [2.75, 3.05) is 26.4 Å². The maximum atomic E-state index is 13.5. The van der Waals surface area contributed by atoms with Crippen LogP contribution in [0.2, 0.25) is 0 Å². The first-order valence-electron chi connectivity index (χ1n) is 41.0. The molecule has 3 fully saturated rings. The zero-order valence-electron chi connectivity index (χ0n) is 63.1. The van der Waals surface area contributed by atoms with Crippen molar-refractivity contribution >= 4 is 5.91 Å². The molecule has 590 valence electrons. The van der Waals surface area contributed by atoms with Crippen molar-refractivity contribution in [3.05, 3.63) is 60.8 Å². The monoisotopic (exact) mass is 1440 g/mol. The van der Waals surface area contributed by atoms with E-state index in [4.69, 9.17) is 28.4 Å². The van der Waals surface area contributed by atoms with Crippen molar-refractivity contribution < 1.29 is 89.4 Å². The molecule has 12 N–H and O–H groups in total. The van der Waals surface area contributed by atoms with E-state index in [9.17, 15) is 61.0 Å². The van der Waals surface area contributed by atoms with Crippen LogP contribution in [0.5, 0.6) is 0 Å². The van der Waals surface area contributed by atoms with Crippen LogP contribution in [0.1, 0.15) is 322 Å². The predicted octanol–water partition coefficient (Wildman–Crippen LogP) is 13.8. The van der Waals surface area contributed by atoms with Gasteiger partial charge in [0.05, 0.1) is 38.6 Å². The van der Waals surface area contributed by atoms with Gasteiger partial charge in [0.15, 0.2) is 18.9 Å². The molecule has 3 saturated heterocycles. The Bertz CT molecular complexity index is 2060. The number of nitrogens with one attached hydrogen (secondary N) is 1. The maximum Gasteiger partial charge on any atom is 0.220 e. The van der Waals surface area contributed by atoms with Gasteiger partial charge in [0.2, 0.25) is 5.91 Å². The van der Waals surface area contributed by atoms with Gasteiger partial charge in [-0.2, -0.15) is 0 Å². The normalized spacial score (nSPS) is 26.6. The largest absolute Gasteiger partial charge is 0.394 e. The molecule has 1 amide bonds. The average molecular weight is 1440 g/mol. The summed E-state index contributed by atoms with van der Waals surface area (Å²) in [5.74, 6) is -0.237. The van der Waals surface area contributed by atoms with Crippen LogP contribution in [-0.2, 0) is 33.2 Å². The Balaban J connectivity index is 1.27. The first-order chi connectivity index (χ1) is 49.3. The molecule has 0 aromatic heterocycles. The summed E-state index contributed by atoms with van der Waals surface area (Å²) in [6.07, 6.45) is 53.4. The number of hydrogen-bond donors (Lipinski definition) is 12. The second kappa shape index (κ2) is 62.5. The number of rotatable bonds is 65. The van der Waals surface area contributed by atoms with Crippen LogP contribution in [0.4, 0.5) is 0 Å². The number of carbonyl (C=O) groups is 1. The van der Waals surface area contributed by atoms with Gasteiger partial charge in [-0.3, -0.25) is 4.79 Å². The number of carbonyl (C=O) groups excluding carboxylic acids is 1. The lowest BCUT2D eigenvalue weighted by Crippen LogP contribution is -2.66. The Hall–Kier alpha value is -2.51. The Kier molecular flexibility index (Phi) is 57.4. The van der Waals surface area contributed by atoms with E-state index in [-0.39, 0.29) is 18.9 Å². The lowest BCUT2D eigenvalue weighted by atomic mass is 9.96. The molecule has 19 nitrogen and oxygen atoms in total.